The quantitative estimate of drug-likeness (QED) is 0.917. The van der Waals surface area contributed by atoms with Crippen LogP contribution in [0, 0.1) is 0 Å². The van der Waals surface area contributed by atoms with E-state index in [0.717, 1.165) is 33.1 Å². The normalized spacial score (nSPS) is 10.6. The Morgan fingerprint density at radius 3 is 2.67 bits per heavy atom. The van der Waals surface area contributed by atoms with Gasteiger partial charge in [0.2, 0.25) is 0 Å². The monoisotopic (exact) mass is 327 g/mol. The van der Waals surface area contributed by atoms with Crippen LogP contribution in [-0.2, 0) is 0 Å². The highest BCUT2D eigenvalue weighted by Crippen LogP contribution is 2.29. The van der Waals surface area contributed by atoms with E-state index in [0.29, 0.717) is 0 Å². The van der Waals surface area contributed by atoms with Gasteiger partial charge in [-0.05, 0) is 46.6 Å². The van der Waals surface area contributed by atoms with Crippen molar-refractivity contribution < 1.29 is 5.11 Å². The Balaban J connectivity index is 2.10. The Morgan fingerprint density at radius 1 is 1.28 bits per heavy atom. The van der Waals surface area contributed by atoms with E-state index in [1.165, 1.54) is 0 Å². The lowest BCUT2D eigenvalue weighted by Crippen LogP contribution is -2.20. The van der Waals surface area contributed by atoms with Gasteiger partial charge >= 0.3 is 0 Å². The van der Waals surface area contributed by atoms with Crippen molar-refractivity contribution >= 4 is 33.1 Å². The first-order valence-corrected chi connectivity index (χ1v) is 7.23. The van der Waals surface area contributed by atoms with E-state index in [2.05, 4.69) is 26.1 Å². The van der Waals surface area contributed by atoms with Crippen molar-refractivity contribution in [2.45, 2.75) is 6.42 Å². The summed E-state index contributed by atoms with van der Waals surface area (Å²) in [7, 11) is 1.95. The summed E-state index contributed by atoms with van der Waals surface area (Å²) in [5, 5.41) is 17.2. The zero-order valence-corrected chi connectivity index (χ0v) is 12.4. The second-order valence-electron chi connectivity index (χ2n) is 3.88. The van der Waals surface area contributed by atoms with Crippen molar-refractivity contribution in [3.63, 3.8) is 0 Å². The molecule has 0 saturated carbocycles. The molecule has 0 atom stereocenters. The summed E-state index contributed by atoms with van der Waals surface area (Å²) in [6.45, 7) is 0.966. The summed E-state index contributed by atoms with van der Waals surface area (Å²) in [6.07, 6.45) is 0.734. The average Bonchev–Trinajstić information content (AvgIpc) is 2.83. The van der Waals surface area contributed by atoms with Crippen LogP contribution in [0.15, 0.2) is 28.1 Å². The fourth-order valence-electron chi connectivity index (χ4n) is 1.53. The van der Waals surface area contributed by atoms with Gasteiger partial charge in [-0.2, -0.15) is 0 Å². The molecule has 6 heteroatoms. The third kappa shape index (κ3) is 3.28. The number of thiophene rings is 1. The molecule has 0 spiro atoms. The van der Waals surface area contributed by atoms with Crippen molar-refractivity contribution in [3.8, 4) is 10.6 Å². The maximum atomic E-state index is 8.79. The molecule has 1 N–H and O–H groups in total. The van der Waals surface area contributed by atoms with E-state index in [1.54, 1.807) is 11.3 Å². The smallest absolute Gasteiger partial charge is 0.151 e. The molecule has 0 radical (unpaired) electrons. The minimum Gasteiger partial charge on any atom is -0.396 e. The predicted octanol–water partition coefficient (Wildman–Crippen LogP) is 2.79. The number of hydrogen-bond donors (Lipinski definition) is 1. The van der Waals surface area contributed by atoms with E-state index in [9.17, 15) is 0 Å². The molecule has 0 aliphatic heterocycles. The number of rotatable bonds is 5. The topological polar surface area (TPSA) is 49.2 Å². The van der Waals surface area contributed by atoms with Gasteiger partial charge in [-0.25, -0.2) is 0 Å². The van der Waals surface area contributed by atoms with Crippen molar-refractivity contribution in [2.75, 3.05) is 25.1 Å². The van der Waals surface area contributed by atoms with E-state index >= 15 is 0 Å². The summed E-state index contributed by atoms with van der Waals surface area (Å²) in [6, 6.07) is 7.94. The summed E-state index contributed by atoms with van der Waals surface area (Å²) in [5.41, 5.74) is 0.880. The minimum atomic E-state index is 0.194. The van der Waals surface area contributed by atoms with Crippen LogP contribution in [0.3, 0.4) is 0 Å². The van der Waals surface area contributed by atoms with E-state index in [1.807, 2.05) is 36.2 Å². The molecular formula is C12H14BrN3OS. The highest BCUT2D eigenvalue weighted by molar-refractivity contribution is 9.11. The van der Waals surface area contributed by atoms with Gasteiger partial charge in [-0.3, -0.25) is 0 Å². The number of aliphatic hydroxyl groups is 1. The molecule has 4 nitrogen and oxygen atoms in total. The maximum Gasteiger partial charge on any atom is 0.151 e. The molecule has 0 aromatic carbocycles. The molecule has 2 aromatic heterocycles. The Kier molecular flexibility index (Phi) is 4.68. The van der Waals surface area contributed by atoms with Gasteiger partial charge in [0.15, 0.2) is 5.82 Å². The number of hydrogen-bond acceptors (Lipinski definition) is 5. The fourth-order valence-corrected chi connectivity index (χ4v) is 2.89. The standard InChI is InChI=1S/C12H14BrN3OS/c1-16(7-2-8-17)12-6-3-9(14-15-12)10-4-5-11(13)18-10/h3-6,17H,2,7-8H2,1H3. The Hall–Kier alpha value is -0.980. The summed E-state index contributed by atoms with van der Waals surface area (Å²) < 4.78 is 1.09. The van der Waals surface area contributed by atoms with E-state index in [4.69, 9.17) is 5.11 Å². The summed E-state index contributed by atoms with van der Waals surface area (Å²) >= 11 is 5.07. The SMILES string of the molecule is CN(CCCO)c1ccc(-c2ccc(Br)s2)nn1. The largest absolute Gasteiger partial charge is 0.396 e. The number of aliphatic hydroxyl groups excluding tert-OH is 1. The highest BCUT2D eigenvalue weighted by atomic mass is 79.9. The van der Waals surface area contributed by atoms with Crippen LogP contribution < -0.4 is 4.90 Å². The number of nitrogens with zero attached hydrogens (tertiary/aromatic N) is 3. The zero-order valence-electron chi connectivity index (χ0n) is 10.0. The second kappa shape index (κ2) is 6.26. The second-order valence-corrected chi connectivity index (χ2v) is 6.34. The van der Waals surface area contributed by atoms with Gasteiger partial charge in [-0.15, -0.1) is 21.5 Å². The van der Waals surface area contributed by atoms with Gasteiger partial charge in [0.25, 0.3) is 0 Å². The first-order valence-electron chi connectivity index (χ1n) is 5.62. The van der Waals surface area contributed by atoms with Crippen LogP contribution in [-0.4, -0.2) is 35.5 Å². The van der Waals surface area contributed by atoms with Crippen molar-refractivity contribution in [1.29, 1.82) is 0 Å². The lowest BCUT2D eigenvalue weighted by atomic mass is 10.3. The van der Waals surface area contributed by atoms with Crippen LogP contribution in [0.5, 0.6) is 0 Å². The molecule has 96 valence electrons. The van der Waals surface area contributed by atoms with Gasteiger partial charge < -0.3 is 10.0 Å². The molecule has 2 aromatic rings. The molecular weight excluding hydrogens is 314 g/mol. The molecule has 2 heterocycles. The van der Waals surface area contributed by atoms with E-state index < -0.39 is 0 Å². The first kappa shape index (κ1) is 13.5. The number of halogens is 1. The molecule has 2 rings (SSSR count). The summed E-state index contributed by atoms with van der Waals surface area (Å²) in [5.74, 6) is 0.822. The van der Waals surface area contributed by atoms with Gasteiger partial charge in [0.05, 0.1) is 8.66 Å². The maximum absolute atomic E-state index is 8.79. The lowest BCUT2D eigenvalue weighted by Gasteiger charge is -2.16. The van der Waals surface area contributed by atoms with Crippen molar-refractivity contribution in [1.82, 2.24) is 10.2 Å². The highest BCUT2D eigenvalue weighted by Gasteiger charge is 2.06. The molecule has 0 aliphatic carbocycles. The number of anilines is 1. The lowest BCUT2D eigenvalue weighted by molar-refractivity contribution is 0.290. The van der Waals surface area contributed by atoms with Crippen molar-refractivity contribution in [2.24, 2.45) is 0 Å². The van der Waals surface area contributed by atoms with Crippen LogP contribution >= 0.6 is 27.3 Å². The van der Waals surface area contributed by atoms with Crippen molar-refractivity contribution in [3.05, 3.63) is 28.1 Å². The summed E-state index contributed by atoms with van der Waals surface area (Å²) in [4.78, 5) is 3.08. The zero-order chi connectivity index (χ0) is 13.0. The number of aromatic nitrogens is 2. The van der Waals surface area contributed by atoms with Crippen LogP contribution in [0.1, 0.15) is 6.42 Å². The van der Waals surface area contributed by atoms with Gasteiger partial charge in [-0.1, -0.05) is 0 Å². The molecule has 0 aliphatic rings. The first-order chi connectivity index (χ1) is 8.70. The van der Waals surface area contributed by atoms with Crippen LogP contribution in [0.4, 0.5) is 5.82 Å². The molecule has 0 saturated heterocycles. The predicted molar refractivity (Wildman–Crippen MR) is 78.0 cm³/mol. The molecule has 0 unspecified atom stereocenters. The minimum absolute atomic E-state index is 0.194. The third-order valence-electron chi connectivity index (χ3n) is 2.52. The average molecular weight is 328 g/mol. The van der Waals surface area contributed by atoms with E-state index in [-0.39, 0.29) is 6.61 Å². The molecule has 0 amide bonds. The van der Waals surface area contributed by atoms with Crippen LogP contribution in [0.2, 0.25) is 0 Å². The fraction of sp³-hybridized carbons (Fsp3) is 0.333. The Bertz CT molecular complexity index is 500. The molecule has 0 bridgehead atoms. The Labute approximate surface area is 118 Å². The van der Waals surface area contributed by atoms with Gasteiger partial charge in [0, 0.05) is 20.2 Å². The molecule has 0 fully saturated rings. The van der Waals surface area contributed by atoms with Crippen LogP contribution in [0.25, 0.3) is 10.6 Å². The van der Waals surface area contributed by atoms with Gasteiger partial charge in [0.1, 0.15) is 5.69 Å². The Morgan fingerprint density at radius 2 is 2.11 bits per heavy atom. The third-order valence-corrected chi connectivity index (χ3v) is 4.17. The molecule has 18 heavy (non-hydrogen) atoms.